The van der Waals surface area contributed by atoms with Crippen LogP contribution in [0.3, 0.4) is 0 Å². The van der Waals surface area contributed by atoms with E-state index in [4.69, 9.17) is 0 Å². The minimum absolute atomic E-state index is 0.0790. The second kappa shape index (κ2) is 8.45. The predicted molar refractivity (Wildman–Crippen MR) is 104 cm³/mol. The summed E-state index contributed by atoms with van der Waals surface area (Å²) < 4.78 is 0. The topological polar surface area (TPSA) is 48.5 Å². The Morgan fingerprint density at radius 3 is 2.76 bits per heavy atom. The highest BCUT2D eigenvalue weighted by Gasteiger charge is 2.15. The molecule has 6 heteroatoms. The van der Waals surface area contributed by atoms with Gasteiger partial charge < -0.3 is 10.2 Å². The summed E-state index contributed by atoms with van der Waals surface area (Å²) in [5.74, 6) is -0.0790. The summed E-state index contributed by atoms with van der Waals surface area (Å²) in [4.78, 5) is 20.4. The van der Waals surface area contributed by atoms with Crippen molar-refractivity contribution < 1.29 is 4.79 Å². The summed E-state index contributed by atoms with van der Waals surface area (Å²) >= 11 is 1.47. The molecule has 1 aliphatic rings. The number of carbonyl (C=O) groups excluding carboxylic acids is 1. The molecule has 0 aliphatic carbocycles. The van der Waals surface area contributed by atoms with Crippen molar-refractivity contribution in [1.29, 1.82) is 0 Å². The first-order valence-electron chi connectivity index (χ1n) is 8.85. The molecule has 0 unspecified atom stereocenters. The summed E-state index contributed by atoms with van der Waals surface area (Å²) in [5, 5.41) is 5.43. The molecule has 134 valence electrons. The van der Waals surface area contributed by atoms with E-state index in [1.807, 2.05) is 5.38 Å². The number of nitrogens with one attached hydrogen (secondary N) is 1. The average Bonchev–Trinajstić information content (AvgIpc) is 3.02. The van der Waals surface area contributed by atoms with Gasteiger partial charge >= 0.3 is 0 Å². The molecule has 0 radical (unpaired) electrons. The Hall–Kier alpha value is -1.92. The lowest BCUT2D eigenvalue weighted by Crippen LogP contribution is -2.31. The van der Waals surface area contributed by atoms with E-state index in [1.54, 1.807) is 0 Å². The number of hydrogen-bond acceptors (Lipinski definition) is 5. The Kier molecular flexibility index (Phi) is 6.04. The molecule has 5 nitrogen and oxygen atoms in total. The van der Waals surface area contributed by atoms with Gasteiger partial charge in [0.2, 0.25) is 5.91 Å². The van der Waals surface area contributed by atoms with E-state index in [1.165, 1.54) is 48.8 Å². The van der Waals surface area contributed by atoms with Gasteiger partial charge in [0, 0.05) is 44.2 Å². The molecule has 1 aliphatic heterocycles. The van der Waals surface area contributed by atoms with Crippen LogP contribution in [0.4, 0.5) is 10.8 Å². The maximum atomic E-state index is 11.1. The number of piperidine rings is 1. The Balaban J connectivity index is 1.63. The van der Waals surface area contributed by atoms with Crippen LogP contribution in [0.5, 0.6) is 0 Å². The van der Waals surface area contributed by atoms with Crippen molar-refractivity contribution in [2.24, 2.45) is 0 Å². The third-order valence-electron chi connectivity index (χ3n) is 4.40. The van der Waals surface area contributed by atoms with E-state index in [0.29, 0.717) is 5.13 Å². The fraction of sp³-hybridized carbons (Fsp3) is 0.474. The van der Waals surface area contributed by atoms with Crippen LogP contribution in [0.25, 0.3) is 0 Å². The van der Waals surface area contributed by atoms with Crippen LogP contribution in [-0.2, 0) is 17.9 Å². The first-order chi connectivity index (χ1) is 12.1. The number of thiazole rings is 1. The van der Waals surface area contributed by atoms with Crippen molar-refractivity contribution in [2.75, 3.05) is 30.4 Å². The van der Waals surface area contributed by atoms with Crippen molar-refractivity contribution in [2.45, 2.75) is 39.3 Å². The summed E-state index contributed by atoms with van der Waals surface area (Å²) in [6, 6.07) is 8.72. The van der Waals surface area contributed by atoms with E-state index in [2.05, 4.69) is 51.4 Å². The molecule has 0 spiro atoms. The summed E-state index contributed by atoms with van der Waals surface area (Å²) in [6.07, 6.45) is 3.92. The summed E-state index contributed by atoms with van der Waals surface area (Å²) in [5.41, 5.74) is 3.72. The fourth-order valence-corrected chi connectivity index (χ4v) is 4.05. The van der Waals surface area contributed by atoms with Crippen LogP contribution < -0.4 is 10.2 Å². The monoisotopic (exact) mass is 358 g/mol. The Morgan fingerprint density at radius 2 is 2.00 bits per heavy atom. The normalized spacial score (nSPS) is 14.8. The number of para-hydroxylation sites is 1. The molecule has 2 heterocycles. The average molecular weight is 359 g/mol. The van der Waals surface area contributed by atoms with Crippen LogP contribution in [0.15, 0.2) is 29.6 Å². The first kappa shape index (κ1) is 17.9. The number of rotatable bonds is 6. The van der Waals surface area contributed by atoms with E-state index in [0.717, 1.165) is 31.9 Å². The number of benzene rings is 1. The zero-order chi connectivity index (χ0) is 17.6. The largest absolute Gasteiger partial charge is 0.371 e. The molecule has 0 atom stereocenters. The van der Waals surface area contributed by atoms with Crippen LogP contribution in [0, 0.1) is 0 Å². The van der Waals surface area contributed by atoms with Gasteiger partial charge in [-0.1, -0.05) is 18.2 Å². The third-order valence-corrected chi connectivity index (χ3v) is 5.20. The zero-order valence-electron chi connectivity index (χ0n) is 15.0. The molecule has 25 heavy (non-hydrogen) atoms. The van der Waals surface area contributed by atoms with E-state index in [9.17, 15) is 4.79 Å². The maximum absolute atomic E-state index is 11.1. The van der Waals surface area contributed by atoms with Crippen molar-refractivity contribution in [1.82, 2.24) is 9.88 Å². The second-order valence-electron chi connectivity index (χ2n) is 6.67. The van der Waals surface area contributed by atoms with Gasteiger partial charge in [-0.2, -0.15) is 0 Å². The molecule has 3 rings (SSSR count). The number of hydrogen-bond donors (Lipinski definition) is 1. The third kappa shape index (κ3) is 5.03. The van der Waals surface area contributed by atoms with Crippen LogP contribution in [0.2, 0.25) is 0 Å². The lowest BCUT2D eigenvalue weighted by molar-refractivity contribution is -0.114. The lowest BCUT2D eigenvalue weighted by atomic mass is 10.1. The molecule has 0 saturated carbocycles. The highest BCUT2D eigenvalue weighted by atomic mass is 32.1. The molecular weight excluding hydrogens is 332 g/mol. The molecule has 1 aromatic carbocycles. The molecule has 1 N–H and O–H groups in total. The van der Waals surface area contributed by atoms with Crippen LogP contribution in [0.1, 0.15) is 37.4 Å². The van der Waals surface area contributed by atoms with Crippen molar-refractivity contribution in [3.8, 4) is 0 Å². The van der Waals surface area contributed by atoms with Crippen LogP contribution >= 0.6 is 11.3 Å². The standard InChI is InChI=1S/C19H26N4OS/c1-15(24)20-19-21-17(14-25-19)13-22(2)12-16-8-4-5-9-18(16)23-10-6-3-7-11-23/h4-5,8-9,14H,3,6-7,10-13H2,1-2H3,(H,20,21,24). The molecule has 1 amide bonds. The van der Waals surface area contributed by atoms with Crippen LogP contribution in [-0.4, -0.2) is 35.9 Å². The van der Waals surface area contributed by atoms with Gasteiger partial charge in [-0.15, -0.1) is 11.3 Å². The minimum atomic E-state index is -0.0790. The highest BCUT2D eigenvalue weighted by Crippen LogP contribution is 2.25. The second-order valence-corrected chi connectivity index (χ2v) is 7.53. The van der Waals surface area contributed by atoms with Gasteiger partial charge in [-0.3, -0.25) is 9.69 Å². The van der Waals surface area contributed by atoms with Gasteiger partial charge in [0.1, 0.15) is 0 Å². The van der Waals surface area contributed by atoms with Crippen molar-refractivity contribution >= 4 is 28.1 Å². The van der Waals surface area contributed by atoms with E-state index < -0.39 is 0 Å². The molecule has 0 bridgehead atoms. The number of aromatic nitrogens is 1. The molecular formula is C19H26N4OS. The van der Waals surface area contributed by atoms with Crippen molar-refractivity contribution in [3.63, 3.8) is 0 Å². The Bertz CT molecular complexity index is 709. The Morgan fingerprint density at radius 1 is 1.24 bits per heavy atom. The first-order valence-corrected chi connectivity index (χ1v) is 9.73. The molecule has 1 saturated heterocycles. The summed E-state index contributed by atoms with van der Waals surface area (Å²) in [6.45, 7) is 5.48. The summed E-state index contributed by atoms with van der Waals surface area (Å²) in [7, 11) is 2.12. The fourth-order valence-electron chi connectivity index (χ4n) is 3.30. The maximum Gasteiger partial charge on any atom is 0.223 e. The number of amides is 1. The SMILES string of the molecule is CC(=O)Nc1nc(CN(C)Cc2ccccc2N2CCCCC2)cs1. The van der Waals surface area contributed by atoms with Crippen molar-refractivity contribution in [3.05, 3.63) is 40.9 Å². The van der Waals surface area contributed by atoms with E-state index in [-0.39, 0.29) is 5.91 Å². The highest BCUT2D eigenvalue weighted by molar-refractivity contribution is 7.13. The molecule has 2 aromatic rings. The zero-order valence-corrected chi connectivity index (χ0v) is 15.8. The quantitative estimate of drug-likeness (QED) is 0.855. The lowest BCUT2D eigenvalue weighted by Gasteiger charge is -2.31. The number of carbonyl (C=O) groups is 1. The predicted octanol–water partition coefficient (Wildman–Crippen LogP) is 3.72. The molecule has 1 fully saturated rings. The number of nitrogens with zero attached hydrogens (tertiary/aromatic N) is 3. The van der Waals surface area contributed by atoms with Gasteiger partial charge in [0.25, 0.3) is 0 Å². The van der Waals surface area contributed by atoms with Gasteiger partial charge in [0.15, 0.2) is 5.13 Å². The Labute approximate surface area is 153 Å². The molecule has 1 aromatic heterocycles. The number of anilines is 2. The van der Waals surface area contributed by atoms with E-state index >= 15 is 0 Å². The van der Waals surface area contributed by atoms with Gasteiger partial charge in [-0.05, 0) is 37.9 Å². The van der Waals surface area contributed by atoms with Gasteiger partial charge in [0.05, 0.1) is 5.69 Å². The minimum Gasteiger partial charge on any atom is -0.371 e. The smallest absolute Gasteiger partial charge is 0.223 e. The van der Waals surface area contributed by atoms with Gasteiger partial charge in [-0.25, -0.2) is 4.98 Å².